The van der Waals surface area contributed by atoms with E-state index in [9.17, 15) is 13.2 Å². The lowest BCUT2D eigenvalue weighted by molar-refractivity contribution is 0.0697. The van der Waals surface area contributed by atoms with Gasteiger partial charge in [-0.25, -0.2) is 17.5 Å². The average Bonchev–Trinajstić information content (AvgIpc) is 2.37. The lowest BCUT2D eigenvalue weighted by Gasteiger charge is -2.25. The van der Waals surface area contributed by atoms with Gasteiger partial charge in [-0.2, -0.15) is 0 Å². The zero-order valence-electron chi connectivity index (χ0n) is 12.9. The normalized spacial score (nSPS) is 13.6. The van der Waals surface area contributed by atoms with E-state index >= 15 is 0 Å². The highest BCUT2D eigenvalue weighted by atomic mass is 32.2. The molecule has 1 aromatic carbocycles. The number of carbonyl (C=O) groups is 1. The quantitative estimate of drug-likeness (QED) is 0.839. The van der Waals surface area contributed by atoms with Gasteiger partial charge in [0.25, 0.3) is 0 Å². The Morgan fingerprint density at radius 1 is 1.19 bits per heavy atom. The standard InChI is InChI=1S/C15H23NO4S/c1-11(2)9-12(3)16(4)21(19,20)10-13-5-7-14(8-6-13)15(17)18/h5-8,11-12H,9-10H2,1-4H3,(H,17,18). The minimum Gasteiger partial charge on any atom is -0.478 e. The number of benzene rings is 1. The highest BCUT2D eigenvalue weighted by Crippen LogP contribution is 2.17. The monoisotopic (exact) mass is 313 g/mol. The molecule has 0 aliphatic carbocycles. The van der Waals surface area contributed by atoms with Gasteiger partial charge in [-0.1, -0.05) is 26.0 Å². The van der Waals surface area contributed by atoms with Crippen molar-refractivity contribution in [3.8, 4) is 0 Å². The van der Waals surface area contributed by atoms with Crippen LogP contribution in [0.15, 0.2) is 24.3 Å². The number of nitrogens with zero attached hydrogens (tertiary/aromatic N) is 1. The van der Waals surface area contributed by atoms with Crippen molar-refractivity contribution in [2.45, 2.75) is 39.0 Å². The highest BCUT2D eigenvalue weighted by molar-refractivity contribution is 7.88. The minimum atomic E-state index is -3.41. The van der Waals surface area contributed by atoms with Crippen molar-refractivity contribution < 1.29 is 18.3 Å². The number of carboxylic acid groups (broad SMARTS) is 1. The third kappa shape index (κ3) is 5.13. The Kier molecular flexibility index (Phi) is 5.92. The summed E-state index contributed by atoms with van der Waals surface area (Å²) in [6.07, 6.45) is 0.799. The van der Waals surface area contributed by atoms with E-state index < -0.39 is 16.0 Å². The van der Waals surface area contributed by atoms with Crippen LogP contribution in [0.2, 0.25) is 0 Å². The second-order valence-corrected chi connectivity index (χ2v) is 7.78. The molecular formula is C15H23NO4S. The molecule has 0 saturated carbocycles. The summed E-state index contributed by atoms with van der Waals surface area (Å²) < 4.78 is 26.1. The van der Waals surface area contributed by atoms with Crippen LogP contribution >= 0.6 is 0 Å². The van der Waals surface area contributed by atoms with E-state index in [1.807, 2.05) is 6.92 Å². The van der Waals surface area contributed by atoms with Crippen molar-refractivity contribution in [1.29, 1.82) is 0 Å². The van der Waals surface area contributed by atoms with Gasteiger partial charge in [0.2, 0.25) is 10.0 Å². The maximum Gasteiger partial charge on any atom is 0.335 e. The smallest absolute Gasteiger partial charge is 0.335 e. The molecule has 0 bridgehead atoms. The van der Waals surface area contributed by atoms with E-state index in [4.69, 9.17) is 5.11 Å². The molecule has 1 N–H and O–H groups in total. The van der Waals surface area contributed by atoms with Gasteiger partial charge in [-0.15, -0.1) is 0 Å². The molecule has 0 fully saturated rings. The second-order valence-electron chi connectivity index (χ2n) is 5.75. The van der Waals surface area contributed by atoms with Gasteiger partial charge in [0.05, 0.1) is 11.3 Å². The molecule has 0 saturated heterocycles. The molecule has 0 radical (unpaired) electrons. The number of hydrogen-bond acceptors (Lipinski definition) is 3. The Morgan fingerprint density at radius 2 is 1.71 bits per heavy atom. The Hall–Kier alpha value is -1.40. The highest BCUT2D eigenvalue weighted by Gasteiger charge is 2.24. The van der Waals surface area contributed by atoms with Crippen molar-refractivity contribution in [2.24, 2.45) is 5.92 Å². The first kappa shape index (κ1) is 17.7. The molecular weight excluding hydrogens is 290 g/mol. The number of hydrogen-bond donors (Lipinski definition) is 1. The van der Waals surface area contributed by atoms with Gasteiger partial charge < -0.3 is 5.11 Å². The summed E-state index contributed by atoms with van der Waals surface area (Å²) >= 11 is 0. The van der Waals surface area contributed by atoms with E-state index in [1.165, 1.54) is 16.4 Å². The lowest BCUT2D eigenvalue weighted by atomic mass is 10.1. The fourth-order valence-corrected chi connectivity index (χ4v) is 3.61. The van der Waals surface area contributed by atoms with Crippen molar-refractivity contribution in [3.05, 3.63) is 35.4 Å². The molecule has 0 aromatic heterocycles. The van der Waals surface area contributed by atoms with Crippen LogP contribution in [0.5, 0.6) is 0 Å². The Bertz CT molecular complexity index is 578. The lowest BCUT2D eigenvalue weighted by Crippen LogP contribution is -2.36. The predicted octanol–water partition coefficient (Wildman–Crippen LogP) is 2.58. The molecule has 1 rings (SSSR count). The van der Waals surface area contributed by atoms with E-state index in [0.29, 0.717) is 11.5 Å². The molecule has 1 aromatic rings. The van der Waals surface area contributed by atoms with Crippen molar-refractivity contribution in [1.82, 2.24) is 4.31 Å². The summed E-state index contributed by atoms with van der Waals surface area (Å²) in [5.41, 5.74) is 0.737. The molecule has 6 heteroatoms. The van der Waals surface area contributed by atoms with Crippen molar-refractivity contribution in [2.75, 3.05) is 7.05 Å². The van der Waals surface area contributed by atoms with Gasteiger partial charge >= 0.3 is 5.97 Å². The largest absolute Gasteiger partial charge is 0.478 e. The van der Waals surface area contributed by atoms with E-state index in [2.05, 4.69) is 13.8 Å². The molecule has 1 unspecified atom stereocenters. The number of rotatable bonds is 7. The zero-order chi connectivity index (χ0) is 16.2. The third-order valence-corrected chi connectivity index (χ3v) is 5.36. The molecule has 0 aliphatic rings. The first-order valence-electron chi connectivity index (χ1n) is 6.91. The van der Waals surface area contributed by atoms with Crippen LogP contribution in [-0.2, 0) is 15.8 Å². The van der Waals surface area contributed by atoms with E-state index in [1.54, 1.807) is 19.2 Å². The SMILES string of the molecule is CC(C)CC(C)N(C)S(=O)(=O)Cc1ccc(C(=O)O)cc1. The fourth-order valence-electron chi connectivity index (χ4n) is 2.16. The molecule has 0 spiro atoms. The minimum absolute atomic E-state index is 0.0618. The topological polar surface area (TPSA) is 74.7 Å². The van der Waals surface area contributed by atoms with Crippen LogP contribution in [0.1, 0.15) is 43.1 Å². The summed E-state index contributed by atoms with van der Waals surface area (Å²) in [6.45, 7) is 6.01. The number of sulfonamides is 1. The molecule has 21 heavy (non-hydrogen) atoms. The number of aromatic carboxylic acids is 1. The van der Waals surface area contributed by atoms with Gasteiger partial charge in [0, 0.05) is 13.1 Å². The van der Waals surface area contributed by atoms with Crippen molar-refractivity contribution in [3.63, 3.8) is 0 Å². The van der Waals surface area contributed by atoms with E-state index in [0.717, 1.165) is 6.42 Å². The van der Waals surface area contributed by atoms with Crippen LogP contribution in [0, 0.1) is 5.92 Å². The van der Waals surface area contributed by atoms with Crippen LogP contribution in [-0.4, -0.2) is 36.9 Å². The van der Waals surface area contributed by atoms with Crippen LogP contribution < -0.4 is 0 Å². The third-order valence-electron chi connectivity index (χ3n) is 3.42. The summed E-state index contributed by atoms with van der Waals surface area (Å²) in [5.74, 6) is -0.717. The van der Waals surface area contributed by atoms with Crippen LogP contribution in [0.25, 0.3) is 0 Å². The molecule has 1 atom stereocenters. The first-order chi connectivity index (χ1) is 9.63. The summed E-state index contributed by atoms with van der Waals surface area (Å²) in [7, 11) is -1.81. The molecule has 5 nitrogen and oxygen atoms in total. The van der Waals surface area contributed by atoms with Gasteiger partial charge in [0.15, 0.2) is 0 Å². The number of carboxylic acids is 1. The fraction of sp³-hybridized carbons (Fsp3) is 0.533. The molecule has 118 valence electrons. The Balaban J connectivity index is 2.82. The summed E-state index contributed by atoms with van der Waals surface area (Å²) in [4.78, 5) is 10.8. The maximum atomic E-state index is 12.4. The van der Waals surface area contributed by atoms with Gasteiger partial charge in [-0.3, -0.25) is 0 Å². The Morgan fingerprint density at radius 3 is 2.14 bits per heavy atom. The van der Waals surface area contributed by atoms with Crippen molar-refractivity contribution >= 4 is 16.0 Å². The molecule has 0 aliphatic heterocycles. The summed E-state index contributed by atoms with van der Waals surface area (Å²) in [5, 5.41) is 8.83. The van der Waals surface area contributed by atoms with Gasteiger partial charge in [0.1, 0.15) is 0 Å². The summed E-state index contributed by atoms with van der Waals surface area (Å²) in [6, 6.07) is 5.87. The van der Waals surface area contributed by atoms with Gasteiger partial charge in [-0.05, 0) is 37.0 Å². The second kappa shape index (κ2) is 7.04. The molecule has 0 amide bonds. The zero-order valence-corrected chi connectivity index (χ0v) is 13.7. The van der Waals surface area contributed by atoms with Crippen LogP contribution in [0.3, 0.4) is 0 Å². The molecule has 0 heterocycles. The van der Waals surface area contributed by atoms with E-state index in [-0.39, 0.29) is 17.4 Å². The Labute approximate surface area is 126 Å². The predicted molar refractivity (Wildman–Crippen MR) is 82.7 cm³/mol. The first-order valence-corrected chi connectivity index (χ1v) is 8.52. The van der Waals surface area contributed by atoms with Crippen LogP contribution in [0.4, 0.5) is 0 Å². The average molecular weight is 313 g/mol. The maximum absolute atomic E-state index is 12.4.